The number of ether oxygens (including phenoxy) is 2. The van der Waals surface area contributed by atoms with Gasteiger partial charge in [0, 0.05) is 11.1 Å². The quantitative estimate of drug-likeness (QED) is 0.801. The predicted octanol–water partition coefficient (Wildman–Crippen LogP) is 3.90. The predicted molar refractivity (Wildman–Crippen MR) is 79.2 cm³/mol. The molecule has 0 saturated heterocycles. The van der Waals surface area contributed by atoms with E-state index in [9.17, 15) is 4.79 Å². The van der Waals surface area contributed by atoms with E-state index in [1.165, 1.54) is 7.11 Å². The molecular weight excluding hydrogens is 276 g/mol. The van der Waals surface area contributed by atoms with Gasteiger partial charge in [0.25, 0.3) is 0 Å². The van der Waals surface area contributed by atoms with Gasteiger partial charge in [-0.05, 0) is 31.2 Å². The van der Waals surface area contributed by atoms with E-state index in [4.69, 9.17) is 21.1 Å². The molecule has 0 aliphatic heterocycles. The summed E-state index contributed by atoms with van der Waals surface area (Å²) in [5.41, 5.74) is 1.67. The van der Waals surface area contributed by atoms with Crippen LogP contribution in [-0.4, -0.2) is 20.0 Å². The van der Waals surface area contributed by atoms with Crippen LogP contribution in [0.4, 0.5) is 0 Å². The van der Waals surface area contributed by atoms with E-state index in [1.807, 2.05) is 13.0 Å². The van der Waals surface area contributed by atoms with Crippen molar-refractivity contribution in [3.05, 3.63) is 58.1 Å². The molecule has 0 unspecified atom stereocenters. The van der Waals surface area contributed by atoms with Crippen molar-refractivity contribution in [3.8, 4) is 11.5 Å². The first-order valence-electron chi connectivity index (χ1n) is 6.11. The zero-order valence-electron chi connectivity index (χ0n) is 11.6. The maximum absolute atomic E-state index is 12.6. The molecule has 0 aliphatic rings. The number of hydrogen-bond acceptors (Lipinski definition) is 3. The van der Waals surface area contributed by atoms with Crippen LogP contribution in [-0.2, 0) is 0 Å². The molecule has 104 valence electrons. The molecule has 0 fully saturated rings. The molecule has 0 aromatic heterocycles. The second-order valence-corrected chi connectivity index (χ2v) is 4.66. The number of halogens is 1. The average Bonchev–Trinajstić information content (AvgIpc) is 2.49. The number of ketones is 1. The Labute approximate surface area is 123 Å². The van der Waals surface area contributed by atoms with Crippen LogP contribution in [0, 0.1) is 6.92 Å². The van der Waals surface area contributed by atoms with Gasteiger partial charge < -0.3 is 9.47 Å². The van der Waals surface area contributed by atoms with E-state index in [0.29, 0.717) is 27.6 Å². The highest BCUT2D eigenvalue weighted by Gasteiger charge is 2.19. The second kappa shape index (κ2) is 5.97. The maximum atomic E-state index is 12.6. The molecule has 0 atom stereocenters. The summed E-state index contributed by atoms with van der Waals surface area (Å²) in [6.07, 6.45) is 0. The molecule has 0 spiro atoms. The SMILES string of the molecule is COc1ccccc1C(=O)c1ccc(OC)c(C)c1Cl. The zero-order chi connectivity index (χ0) is 14.7. The van der Waals surface area contributed by atoms with Gasteiger partial charge in [-0.2, -0.15) is 0 Å². The number of methoxy groups -OCH3 is 2. The first-order valence-corrected chi connectivity index (χ1v) is 6.48. The van der Waals surface area contributed by atoms with Crippen LogP contribution >= 0.6 is 11.6 Å². The van der Waals surface area contributed by atoms with Crippen molar-refractivity contribution in [2.24, 2.45) is 0 Å². The Balaban J connectivity index is 2.52. The highest BCUT2D eigenvalue weighted by Crippen LogP contribution is 2.31. The molecule has 2 aromatic rings. The summed E-state index contributed by atoms with van der Waals surface area (Å²) >= 11 is 6.28. The van der Waals surface area contributed by atoms with Crippen molar-refractivity contribution in [2.45, 2.75) is 6.92 Å². The van der Waals surface area contributed by atoms with Crippen molar-refractivity contribution in [1.82, 2.24) is 0 Å². The maximum Gasteiger partial charge on any atom is 0.198 e. The molecule has 3 nitrogen and oxygen atoms in total. The molecular formula is C16H15ClO3. The summed E-state index contributed by atoms with van der Waals surface area (Å²) in [7, 11) is 3.10. The molecule has 0 radical (unpaired) electrons. The van der Waals surface area contributed by atoms with Crippen molar-refractivity contribution >= 4 is 17.4 Å². The minimum Gasteiger partial charge on any atom is -0.496 e. The van der Waals surface area contributed by atoms with Crippen molar-refractivity contribution in [3.63, 3.8) is 0 Å². The summed E-state index contributed by atoms with van der Waals surface area (Å²) in [4.78, 5) is 12.6. The smallest absolute Gasteiger partial charge is 0.198 e. The zero-order valence-corrected chi connectivity index (χ0v) is 12.3. The molecule has 0 N–H and O–H groups in total. The summed E-state index contributed by atoms with van der Waals surface area (Å²) in [5, 5.41) is 0.403. The van der Waals surface area contributed by atoms with Gasteiger partial charge in [0.15, 0.2) is 5.78 Å². The van der Waals surface area contributed by atoms with Crippen LogP contribution in [0.5, 0.6) is 11.5 Å². The summed E-state index contributed by atoms with van der Waals surface area (Å²) < 4.78 is 10.4. The van der Waals surface area contributed by atoms with Crippen LogP contribution in [0.25, 0.3) is 0 Å². The Hall–Kier alpha value is -2.00. The third-order valence-electron chi connectivity index (χ3n) is 3.15. The second-order valence-electron chi connectivity index (χ2n) is 4.28. The Morgan fingerprint density at radius 1 is 0.950 bits per heavy atom. The van der Waals surface area contributed by atoms with E-state index < -0.39 is 0 Å². The van der Waals surface area contributed by atoms with Gasteiger partial charge in [0.05, 0.1) is 24.8 Å². The fourth-order valence-electron chi connectivity index (χ4n) is 2.04. The van der Waals surface area contributed by atoms with Gasteiger partial charge in [0.1, 0.15) is 11.5 Å². The summed E-state index contributed by atoms with van der Waals surface area (Å²) in [6.45, 7) is 1.82. The molecule has 2 aromatic carbocycles. The normalized spacial score (nSPS) is 10.2. The highest BCUT2D eigenvalue weighted by atomic mass is 35.5. The Morgan fingerprint density at radius 3 is 2.25 bits per heavy atom. The number of rotatable bonds is 4. The number of benzene rings is 2. The molecule has 20 heavy (non-hydrogen) atoms. The van der Waals surface area contributed by atoms with E-state index in [0.717, 1.165) is 5.56 Å². The fourth-order valence-corrected chi connectivity index (χ4v) is 2.28. The number of carbonyl (C=O) groups is 1. The largest absolute Gasteiger partial charge is 0.496 e. The van der Waals surface area contributed by atoms with E-state index in [-0.39, 0.29) is 5.78 Å². The minimum absolute atomic E-state index is 0.168. The van der Waals surface area contributed by atoms with Gasteiger partial charge in [-0.15, -0.1) is 0 Å². The van der Waals surface area contributed by atoms with Crippen LogP contribution in [0.3, 0.4) is 0 Å². The van der Waals surface area contributed by atoms with E-state index in [2.05, 4.69) is 0 Å². The molecule has 0 saturated carbocycles. The number of para-hydroxylation sites is 1. The Bertz CT molecular complexity index is 650. The molecule has 0 heterocycles. The Morgan fingerprint density at radius 2 is 1.60 bits per heavy atom. The van der Waals surface area contributed by atoms with E-state index in [1.54, 1.807) is 37.4 Å². The molecule has 0 amide bonds. The lowest BCUT2D eigenvalue weighted by molar-refractivity contribution is 0.103. The van der Waals surface area contributed by atoms with Gasteiger partial charge in [0.2, 0.25) is 0 Å². The third kappa shape index (κ3) is 2.49. The molecule has 2 rings (SSSR count). The molecule has 4 heteroatoms. The lowest BCUT2D eigenvalue weighted by atomic mass is 10.00. The molecule has 0 bridgehead atoms. The lowest BCUT2D eigenvalue weighted by Gasteiger charge is -2.12. The van der Waals surface area contributed by atoms with Crippen molar-refractivity contribution in [2.75, 3.05) is 14.2 Å². The standard InChI is InChI=1S/C16H15ClO3/c1-10-13(19-2)9-8-12(15(10)17)16(18)11-6-4-5-7-14(11)20-3/h4-9H,1-3H3. The monoisotopic (exact) mass is 290 g/mol. The van der Waals surface area contributed by atoms with Crippen molar-refractivity contribution in [1.29, 1.82) is 0 Å². The van der Waals surface area contributed by atoms with Gasteiger partial charge in [-0.3, -0.25) is 4.79 Å². The fraction of sp³-hybridized carbons (Fsp3) is 0.188. The minimum atomic E-state index is -0.168. The summed E-state index contributed by atoms with van der Waals surface area (Å²) in [6, 6.07) is 10.5. The number of carbonyl (C=O) groups excluding carboxylic acids is 1. The average molecular weight is 291 g/mol. The first kappa shape index (κ1) is 14.4. The van der Waals surface area contributed by atoms with Gasteiger partial charge in [-0.25, -0.2) is 0 Å². The van der Waals surface area contributed by atoms with Crippen LogP contribution in [0.15, 0.2) is 36.4 Å². The highest BCUT2D eigenvalue weighted by molar-refractivity contribution is 6.36. The van der Waals surface area contributed by atoms with Crippen molar-refractivity contribution < 1.29 is 14.3 Å². The summed E-state index contributed by atoms with van der Waals surface area (Å²) in [5.74, 6) is 1.02. The van der Waals surface area contributed by atoms with Crippen LogP contribution < -0.4 is 9.47 Å². The van der Waals surface area contributed by atoms with E-state index >= 15 is 0 Å². The van der Waals surface area contributed by atoms with Crippen LogP contribution in [0.1, 0.15) is 21.5 Å². The van der Waals surface area contributed by atoms with Gasteiger partial charge >= 0.3 is 0 Å². The number of hydrogen-bond donors (Lipinski definition) is 0. The Kier molecular flexibility index (Phi) is 4.30. The van der Waals surface area contributed by atoms with Gasteiger partial charge in [-0.1, -0.05) is 23.7 Å². The lowest BCUT2D eigenvalue weighted by Crippen LogP contribution is -2.05. The topological polar surface area (TPSA) is 35.5 Å². The third-order valence-corrected chi connectivity index (χ3v) is 3.64. The first-order chi connectivity index (χ1) is 9.60. The van der Waals surface area contributed by atoms with Crippen LogP contribution in [0.2, 0.25) is 5.02 Å². The molecule has 0 aliphatic carbocycles.